The lowest BCUT2D eigenvalue weighted by atomic mass is 9.77. The van der Waals surface area contributed by atoms with Crippen molar-refractivity contribution in [3.8, 4) is 5.75 Å². The molecule has 2 aliphatic rings. The van der Waals surface area contributed by atoms with E-state index in [2.05, 4.69) is 6.92 Å². The molecule has 0 saturated carbocycles. The summed E-state index contributed by atoms with van der Waals surface area (Å²) in [7, 11) is 0. The maximum Gasteiger partial charge on any atom is 0.223 e. The molecule has 1 aromatic carbocycles. The zero-order valence-electron chi connectivity index (χ0n) is 19.1. The monoisotopic (exact) mass is 448 g/mol. The zero-order valence-corrected chi connectivity index (χ0v) is 19.9. The summed E-state index contributed by atoms with van der Waals surface area (Å²) in [5.41, 5.74) is 0.625. The average Bonchev–Trinajstić information content (AvgIpc) is 2.79. The largest absolute Gasteiger partial charge is 0.493 e. The maximum atomic E-state index is 13.2. The van der Waals surface area contributed by atoms with Crippen LogP contribution in [0.25, 0.3) is 0 Å². The Morgan fingerprint density at radius 2 is 1.81 bits per heavy atom. The van der Waals surface area contributed by atoms with Crippen molar-refractivity contribution >= 4 is 23.4 Å². The average molecular weight is 449 g/mol. The number of benzene rings is 1. The van der Waals surface area contributed by atoms with Crippen LogP contribution >= 0.6 is 11.6 Å². The van der Waals surface area contributed by atoms with Gasteiger partial charge in [0.2, 0.25) is 11.8 Å². The molecule has 2 aliphatic heterocycles. The van der Waals surface area contributed by atoms with Crippen molar-refractivity contribution in [2.45, 2.75) is 71.6 Å². The summed E-state index contributed by atoms with van der Waals surface area (Å²) in [4.78, 5) is 29.9. The van der Waals surface area contributed by atoms with E-state index in [-0.39, 0.29) is 17.2 Å². The van der Waals surface area contributed by atoms with E-state index in [1.54, 1.807) is 0 Å². The molecule has 5 nitrogen and oxygen atoms in total. The number of amides is 2. The smallest absolute Gasteiger partial charge is 0.223 e. The van der Waals surface area contributed by atoms with Crippen LogP contribution in [0.3, 0.4) is 0 Å². The van der Waals surface area contributed by atoms with Crippen LogP contribution < -0.4 is 4.74 Å². The van der Waals surface area contributed by atoms with Crippen LogP contribution in [0.1, 0.15) is 70.3 Å². The molecule has 31 heavy (non-hydrogen) atoms. The Bertz CT molecular complexity index is 763. The van der Waals surface area contributed by atoms with E-state index >= 15 is 0 Å². The second-order valence-electron chi connectivity index (χ2n) is 9.34. The molecule has 1 aromatic rings. The van der Waals surface area contributed by atoms with Crippen molar-refractivity contribution in [1.29, 1.82) is 0 Å². The van der Waals surface area contributed by atoms with Crippen molar-refractivity contribution in [2.75, 3.05) is 32.8 Å². The summed E-state index contributed by atoms with van der Waals surface area (Å²) >= 11 is 6.16. The first kappa shape index (κ1) is 23.9. The first-order valence-corrected chi connectivity index (χ1v) is 12.2. The number of likely N-dealkylation sites (tertiary alicyclic amines) is 2. The molecule has 0 bridgehead atoms. The van der Waals surface area contributed by atoms with Crippen molar-refractivity contribution in [3.05, 3.63) is 28.8 Å². The highest BCUT2D eigenvalue weighted by atomic mass is 35.5. The second-order valence-corrected chi connectivity index (χ2v) is 9.75. The predicted molar refractivity (Wildman–Crippen MR) is 125 cm³/mol. The number of rotatable bonds is 8. The number of halogens is 1. The number of hydrogen-bond donors (Lipinski definition) is 0. The van der Waals surface area contributed by atoms with Gasteiger partial charge in [-0.1, -0.05) is 24.9 Å². The quantitative estimate of drug-likeness (QED) is 0.547. The van der Waals surface area contributed by atoms with Gasteiger partial charge in [0.1, 0.15) is 5.75 Å². The van der Waals surface area contributed by atoms with Gasteiger partial charge in [-0.3, -0.25) is 9.59 Å². The third-order valence-corrected chi connectivity index (χ3v) is 7.09. The highest BCUT2D eigenvalue weighted by Crippen LogP contribution is 2.36. The van der Waals surface area contributed by atoms with Gasteiger partial charge in [0.05, 0.1) is 6.61 Å². The van der Waals surface area contributed by atoms with Gasteiger partial charge < -0.3 is 14.5 Å². The summed E-state index contributed by atoms with van der Waals surface area (Å²) in [6.45, 7) is 7.58. The Kier molecular flexibility index (Phi) is 8.65. The molecule has 2 fully saturated rings. The van der Waals surface area contributed by atoms with Gasteiger partial charge in [-0.05, 0) is 69.2 Å². The summed E-state index contributed by atoms with van der Waals surface area (Å²) < 4.78 is 6.21. The molecule has 2 heterocycles. The fourth-order valence-corrected chi connectivity index (χ4v) is 4.86. The highest BCUT2D eigenvalue weighted by molar-refractivity contribution is 6.31. The molecule has 0 N–H and O–H groups in total. The molecule has 0 aliphatic carbocycles. The van der Waals surface area contributed by atoms with E-state index in [1.165, 1.54) is 6.42 Å². The van der Waals surface area contributed by atoms with Gasteiger partial charge in [0.25, 0.3) is 0 Å². The van der Waals surface area contributed by atoms with E-state index in [4.69, 9.17) is 16.3 Å². The minimum atomic E-state index is -0.345. The summed E-state index contributed by atoms with van der Waals surface area (Å²) in [6.07, 6.45) is 8.13. The molecular formula is C25H37ClN2O3. The fourth-order valence-electron chi connectivity index (χ4n) is 4.74. The van der Waals surface area contributed by atoms with Crippen LogP contribution in [0.2, 0.25) is 5.02 Å². The van der Waals surface area contributed by atoms with Crippen molar-refractivity contribution in [1.82, 2.24) is 9.80 Å². The van der Waals surface area contributed by atoms with Crippen molar-refractivity contribution in [3.63, 3.8) is 0 Å². The Hall–Kier alpha value is -1.75. The van der Waals surface area contributed by atoms with Crippen LogP contribution in [0.5, 0.6) is 5.75 Å². The second kappa shape index (κ2) is 11.2. The number of unbranched alkanes of at least 4 members (excludes halogenated alkanes) is 1. The molecule has 0 spiro atoms. The minimum Gasteiger partial charge on any atom is -0.493 e. The number of carbonyl (C=O) groups is 2. The van der Waals surface area contributed by atoms with Gasteiger partial charge in [0.15, 0.2) is 0 Å². The molecule has 1 atom stereocenters. The maximum absolute atomic E-state index is 13.2. The Morgan fingerprint density at radius 1 is 1.06 bits per heavy atom. The van der Waals surface area contributed by atoms with Crippen LogP contribution in [-0.4, -0.2) is 54.4 Å². The zero-order chi connectivity index (χ0) is 22.3. The summed E-state index contributed by atoms with van der Waals surface area (Å²) in [5, 5.41) is 0.715. The summed E-state index contributed by atoms with van der Waals surface area (Å²) in [6, 6.07) is 5.66. The highest BCUT2D eigenvalue weighted by Gasteiger charge is 2.40. The van der Waals surface area contributed by atoms with E-state index in [0.29, 0.717) is 31.0 Å². The van der Waals surface area contributed by atoms with E-state index < -0.39 is 0 Å². The summed E-state index contributed by atoms with van der Waals surface area (Å²) in [5.74, 6) is 1.18. The lowest BCUT2D eigenvalue weighted by Crippen LogP contribution is -2.51. The number of ether oxygens (including phenoxy) is 1. The van der Waals surface area contributed by atoms with Gasteiger partial charge in [0, 0.05) is 49.5 Å². The van der Waals surface area contributed by atoms with Crippen LogP contribution in [0, 0.1) is 12.3 Å². The normalized spacial score (nSPS) is 21.8. The Morgan fingerprint density at radius 3 is 2.52 bits per heavy atom. The van der Waals surface area contributed by atoms with Gasteiger partial charge in [-0.25, -0.2) is 0 Å². The van der Waals surface area contributed by atoms with Crippen molar-refractivity contribution in [2.24, 2.45) is 5.41 Å². The fraction of sp³-hybridized carbons (Fsp3) is 0.680. The topological polar surface area (TPSA) is 49.9 Å². The van der Waals surface area contributed by atoms with Gasteiger partial charge >= 0.3 is 0 Å². The molecular weight excluding hydrogens is 412 g/mol. The van der Waals surface area contributed by atoms with Crippen LogP contribution in [-0.2, 0) is 9.59 Å². The van der Waals surface area contributed by atoms with Gasteiger partial charge in [-0.15, -0.1) is 0 Å². The van der Waals surface area contributed by atoms with E-state index in [9.17, 15) is 9.59 Å². The molecule has 2 amide bonds. The lowest BCUT2D eigenvalue weighted by molar-refractivity contribution is -0.142. The molecule has 0 radical (unpaired) electrons. The number of nitrogens with zero attached hydrogens (tertiary/aromatic N) is 2. The third kappa shape index (κ3) is 6.61. The molecule has 172 valence electrons. The molecule has 2 saturated heterocycles. The van der Waals surface area contributed by atoms with Gasteiger partial charge in [-0.2, -0.15) is 0 Å². The van der Waals surface area contributed by atoms with Crippen LogP contribution in [0.4, 0.5) is 0 Å². The van der Waals surface area contributed by atoms with E-state index in [1.807, 2.05) is 34.9 Å². The SMILES string of the molecule is CCCCC(=O)N1CCC[C@@](COc2ccc(Cl)c(C)c2)(CC(=O)N2CCCCC2)C1. The van der Waals surface area contributed by atoms with Crippen LogP contribution in [0.15, 0.2) is 18.2 Å². The molecule has 0 unspecified atom stereocenters. The number of hydrogen-bond acceptors (Lipinski definition) is 3. The number of carbonyl (C=O) groups excluding carboxylic acids is 2. The third-order valence-electron chi connectivity index (χ3n) is 6.67. The minimum absolute atomic E-state index is 0.207. The van der Waals surface area contributed by atoms with Crippen molar-refractivity contribution < 1.29 is 14.3 Å². The van der Waals surface area contributed by atoms with E-state index in [0.717, 1.165) is 69.5 Å². The molecule has 6 heteroatoms. The Labute approximate surface area is 192 Å². The molecule has 3 rings (SSSR count). The number of piperidine rings is 2. The first-order valence-electron chi connectivity index (χ1n) is 11.9. The Balaban J connectivity index is 1.74. The standard InChI is InChI=1S/C25H37ClN2O3/c1-3-4-9-23(29)28-15-8-12-25(18-28,17-24(30)27-13-6-5-7-14-27)19-31-21-10-11-22(26)20(2)16-21/h10-11,16H,3-9,12-15,17-19H2,1-2H3/t25-/m1/s1. The first-order chi connectivity index (χ1) is 14.9. The predicted octanol–water partition coefficient (Wildman–Crippen LogP) is 5.23. The number of aryl methyl sites for hydroxylation is 1. The molecule has 0 aromatic heterocycles. The lowest BCUT2D eigenvalue weighted by Gasteiger charge is -2.43.